The van der Waals surface area contributed by atoms with Crippen molar-refractivity contribution in [1.82, 2.24) is 0 Å². The highest BCUT2D eigenvalue weighted by atomic mass is 35.5. The molecule has 4 N–H and O–H groups in total. The Morgan fingerprint density at radius 1 is 1.37 bits per heavy atom. The van der Waals surface area contributed by atoms with E-state index in [-0.39, 0.29) is 5.02 Å². The van der Waals surface area contributed by atoms with Crippen molar-refractivity contribution in [3.05, 3.63) is 23.2 Å². The summed E-state index contributed by atoms with van der Waals surface area (Å²) >= 11 is 5.93. The first-order valence-corrected chi connectivity index (χ1v) is 7.63. The van der Waals surface area contributed by atoms with E-state index in [1.807, 2.05) is 0 Å². The van der Waals surface area contributed by atoms with Crippen LogP contribution in [0.3, 0.4) is 0 Å². The number of carbonyl (C=O) groups is 1. The van der Waals surface area contributed by atoms with Gasteiger partial charge in [0.15, 0.2) is 0 Å². The summed E-state index contributed by atoms with van der Waals surface area (Å²) < 4.78 is 24.5. The summed E-state index contributed by atoms with van der Waals surface area (Å²) in [6, 6.07) is 4.40. The molecule has 1 amide bonds. The molecule has 1 rings (SSSR count). The van der Waals surface area contributed by atoms with Crippen molar-refractivity contribution in [3.63, 3.8) is 0 Å². The van der Waals surface area contributed by atoms with E-state index in [2.05, 4.69) is 10.0 Å². The highest BCUT2D eigenvalue weighted by molar-refractivity contribution is 7.92. The van der Waals surface area contributed by atoms with Crippen molar-refractivity contribution in [2.24, 2.45) is 5.73 Å². The molecular formula is C11H16ClN3O3S. The number of carbonyl (C=O) groups excluding carboxylic acids is 1. The Morgan fingerprint density at radius 2 is 1.95 bits per heavy atom. The first-order valence-electron chi connectivity index (χ1n) is 5.37. The Balaban J connectivity index is 3.02. The second-order valence-corrected chi connectivity index (χ2v) is 6.90. The van der Waals surface area contributed by atoms with Crippen LogP contribution in [-0.4, -0.2) is 26.1 Å². The summed E-state index contributed by atoms with van der Waals surface area (Å²) in [6.07, 6.45) is 1.03. The average molecular weight is 306 g/mol. The fourth-order valence-electron chi connectivity index (χ4n) is 1.18. The fraction of sp³-hybridized carbons (Fsp3) is 0.364. The van der Waals surface area contributed by atoms with E-state index in [9.17, 15) is 13.2 Å². The molecule has 0 atom stereocenters. The van der Waals surface area contributed by atoms with Gasteiger partial charge in [0.25, 0.3) is 0 Å². The molecule has 1 aromatic carbocycles. The molecule has 0 saturated carbocycles. The van der Waals surface area contributed by atoms with Crippen LogP contribution in [0, 0.1) is 0 Å². The Bertz CT molecular complexity index is 594. The minimum Gasteiger partial charge on any atom is -0.323 e. The van der Waals surface area contributed by atoms with Crippen LogP contribution in [0.1, 0.15) is 13.8 Å². The Hall–Kier alpha value is -1.31. The van der Waals surface area contributed by atoms with E-state index in [1.54, 1.807) is 13.8 Å². The van der Waals surface area contributed by atoms with Crippen LogP contribution in [-0.2, 0) is 14.8 Å². The van der Waals surface area contributed by atoms with Crippen LogP contribution >= 0.6 is 11.6 Å². The van der Waals surface area contributed by atoms with Crippen molar-refractivity contribution in [3.8, 4) is 0 Å². The lowest BCUT2D eigenvalue weighted by atomic mass is 10.1. The average Bonchev–Trinajstić information content (AvgIpc) is 2.19. The topological polar surface area (TPSA) is 101 Å². The number of sulfonamides is 1. The van der Waals surface area contributed by atoms with Gasteiger partial charge in [0.05, 0.1) is 28.2 Å². The second kappa shape index (κ2) is 5.36. The number of hydrogen-bond donors (Lipinski definition) is 3. The van der Waals surface area contributed by atoms with Gasteiger partial charge in [-0.15, -0.1) is 0 Å². The molecule has 19 heavy (non-hydrogen) atoms. The fourth-order valence-corrected chi connectivity index (χ4v) is 1.90. The van der Waals surface area contributed by atoms with Gasteiger partial charge < -0.3 is 11.1 Å². The van der Waals surface area contributed by atoms with Crippen molar-refractivity contribution in [2.45, 2.75) is 19.4 Å². The molecule has 0 aliphatic heterocycles. The van der Waals surface area contributed by atoms with E-state index >= 15 is 0 Å². The first kappa shape index (κ1) is 15.7. The maximum Gasteiger partial charge on any atom is 0.243 e. The lowest BCUT2D eigenvalue weighted by Crippen LogP contribution is -2.45. The lowest BCUT2D eigenvalue weighted by molar-refractivity contribution is -0.120. The molecule has 0 saturated heterocycles. The van der Waals surface area contributed by atoms with Crippen molar-refractivity contribution in [2.75, 3.05) is 16.3 Å². The molecule has 0 unspecified atom stereocenters. The number of nitrogens with one attached hydrogen (secondary N) is 2. The van der Waals surface area contributed by atoms with E-state index in [1.165, 1.54) is 18.2 Å². The third-order valence-electron chi connectivity index (χ3n) is 2.10. The predicted octanol–water partition coefficient (Wildman–Crippen LogP) is 1.39. The van der Waals surface area contributed by atoms with Crippen molar-refractivity contribution < 1.29 is 13.2 Å². The molecule has 1 aromatic rings. The Kier molecular flexibility index (Phi) is 4.44. The molecule has 0 radical (unpaired) electrons. The largest absolute Gasteiger partial charge is 0.323 e. The van der Waals surface area contributed by atoms with Crippen molar-refractivity contribution >= 4 is 38.9 Å². The first-order chi connectivity index (χ1) is 8.49. The maximum atomic E-state index is 11.7. The normalized spacial score (nSPS) is 12.1. The highest BCUT2D eigenvalue weighted by Gasteiger charge is 2.22. The Labute approximate surface area is 117 Å². The minimum absolute atomic E-state index is 0.289. The van der Waals surface area contributed by atoms with Gasteiger partial charge in [-0.25, -0.2) is 8.42 Å². The second-order valence-electron chi connectivity index (χ2n) is 4.74. The Morgan fingerprint density at radius 3 is 2.42 bits per heavy atom. The van der Waals surface area contributed by atoms with E-state index in [4.69, 9.17) is 17.3 Å². The van der Waals surface area contributed by atoms with E-state index < -0.39 is 21.5 Å². The van der Waals surface area contributed by atoms with Crippen LogP contribution < -0.4 is 15.8 Å². The molecule has 0 aliphatic rings. The van der Waals surface area contributed by atoms with Crippen LogP contribution in [0.2, 0.25) is 5.02 Å². The van der Waals surface area contributed by atoms with Crippen LogP contribution in [0.5, 0.6) is 0 Å². The summed E-state index contributed by atoms with van der Waals surface area (Å²) in [5.41, 5.74) is 5.18. The minimum atomic E-state index is -3.39. The highest BCUT2D eigenvalue weighted by Crippen LogP contribution is 2.26. The summed E-state index contributed by atoms with van der Waals surface area (Å²) in [5.74, 6) is -0.425. The number of anilines is 2. The zero-order valence-electron chi connectivity index (χ0n) is 10.8. The quantitative estimate of drug-likeness (QED) is 0.782. The molecule has 8 heteroatoms. The van der Waals surface area contributed by atoms with E-state index in [0.29, 0.717) is 11.4 Å². The number of benzene rings is 1. The summed E-state index contributed by atoms with van der Waals surface area (Å²) in [5, 5.41) is 2.83. The van der Waals surface area contributed by atoms with Gasteiger partial charge >= 0.3 is 0 Å². The SMILES string of the molecule is CC(C)(N)C(=O)Nc1cc(NS(C)(=O)=O)ccc1Cl. The molecular weight excluding hydrogens is 290 g/mol. The summed E-state index contributed by atoms with van der Waals surface area (Å²) in [7, 11) is -3.39. The zero-order chi connectivity index (χ0) is 14.8. The van der Waals surface area contributed by atoms with Crippen LogP contribution in [0.15, 0.2) is 18.2 Å². The lowest BCUT2D eigenvalue weighted by Gasteiger charge is -2.18. The zero-order valence-corrected chi connectivity index (χ0v) is 12.4. The predicted molar refractivity (Wildman–Crippen MR) is 76.8 cm³/mol. The molecule has 0 bridgehead atoms. The number of nitrogens with two attached hydrogens (primary N) is 1. The maximum absolute atomic E-state index is 11.7. The third kappa shape index (κ3) is 5.06. The smallest absolute Gasteiger partial charge is 0.243 e. The monoisotopic (exact) mass is 305 g/mol. The molecule has 0 aliphatic carbocycles. The number of halogens is 1. The number of amides is 1. The van der Waals surface area contributed by atoms with E-state index in [0.717, 1.165) is 6.26 Å². The molecule has 6 nitrogen and oxygen atoms in total. The van der Waals surface area contributed by atoms with Gasteiger partial charge in [0.1, 0.15) is 0 Å². The van der Waals surface area contributed by atoms with Gasteiger partial charge in [-0.2, -0.15) is 0 Å². The molecule has 0 heterocycles. The van der Waals surface area contributed by atoms with Gasteiger partial charge in [-0.1, -0.05) is 11.6 Å². The third-order valence-corrected chi connectivity index (χ3v) is 3.04. The van der Waals surface area contributed by atoms with Crippen LogP contribution in [0.25, 0.3) is 0 Å². The van der Waals surface area contributed by atoms with Gasteiger partial charge in [0.2, 0.25) is 15.9 Å². The molecule has 0 aromatic heterocycles. The van der Waals surface area contributed by atoms with Crippen LogP contribution in [0.4, 0.5) is 11.4 Å². The number of hydrogen-bond acceptors (Lipinski definition) is 4. The van der Waals surface area contributed by atoms with Crippen molar-refractivity contribution in [1.29, 1.82) is 0 Å². The molecule has 0 fully saturated rings. The standard InChI is InChI=1S/C11H16ClN3O3S/c1-11(2,13)10(16)14-9-6-7(4-5-8(9)12)15-19(3,17)18/h4-6,15H,13H2,1-3H3,(H,14,16). The summed E-state index contributed by atoms with van der Waals surface area (Å²) in [6.45, 7) is 3.10. The van der Waals surface area contributed by atoms with Gasteiger partial charge in [0, 0.05) is 0 Å². The molecule has 0 spiro atoms. The number of rotatable bonds is 4. The van der Waals surface area contributed by atoms with Gasteiger partial charge in [-0.05, 0) is 32.0 Å². The summed E-state index contributed by atoms with van der Waals surface area (Å²) in [4.78, 5) is 11.7. The van der Waals surface area contributed by atoms with Gasteiger partial charge in [-0.3, -0.25) is 9.52 Å². The molecule has 106 valence electrons.